The highest BCUT2D eigenvalue weighted by Gasteiger charge is 2.27. The molecule has 0 radical (unpaired) electrons. The van der Waals surface area contributed by atoms with E-state index in [2.05, 4.69) is 5.32 Å². The number of halogens is 3. The summed E-state index contributed by atoms with van der Waals surface area (Å²) in [5.41, 5.74) is 0.433. The van der Waals surface area contributed by atoms with Gasteiger partial charge in [-0.15, -0.1) is 0 Å². The zero-order valence-electron chi connectivity index (χ0n) is 11.8. The monoisotopic (exact) mass is 321 g/mol. The molecule has 1 rings (SSSR count). The first-order chi connectivity index (χ1) is 9.29. The summed E-state index contributed by atoms with van der Waals surface area (Å²) in [4.78, 5) is 11.7. The maximum atomic E-state index is 13.5. The third-order valence-electron chi connectivity index (χ3n) is 3.06. The Morgan fingerprint density at radius 2 is 1.90 bits per heavy atom. The lowest BCUT2D eigenvalue weighted by Crippen LogP contribution is -2.43. The second-order valence-corrected chi connectivity index (χ2v) is 5.68. The van der Waals surface area contributed by atoms with Gasteiger partial charge >= 0.3 is 5.97 Å². The number of methoxy groups -OCH3 is 1. The van der Waals surface area contributed by atoms with Gasteiger partial charge in [-0.25, -0.2) is 4.39 Å². The van der Waals surface area contributed by atoms with E-state index in [9.17, 15) is 9.18 Å². The fourth-order valence-corrected chi connectivity index (χ4v) is 2.65. The van der Waals surface area contributed by atoms with Crippen LogP contribution in [0.5, 0.6) is 0 Å². The number of hydrogen-bond donors (Lipinski definition) is 1. The molecule has 0 bridgehead atoms. The van der Waals surface area contributed by atoms with Crippen molar-refractivity contribution in [3.63, 3.8) is 0 Å². The van der Waals surface area contributed by atoms with Crippen LogP contribution in [0.2, 0.25) is 10.0 Å². The largest absolute Gasteiger partial charge is 0.468 e. The third-order valence-corrected chi connectivity index (χ3v) is 3.78. The number of esters is 1. The van der Waals surface area contributed by atoms with Gasteiger partial charge in [0.25, 0.3) is 0 Å². The van der Waals surface area contributed by atoms with Crippen molar-refractivity contribution < 1.29 is 13.9 Å². The molecule has 0 saturated heterocycles. The van der Waals surface area contributed by atoms with E-state index in [4.69, 9.17) is 27.9 Å². The number of nitrogens with one attached hydrogen (secondary N) is 1. The SMILES string of the molecule is COC(=O)[C@@H](NC(C)c1c(Cl)ccc(F)c1Cl)C(C)C. The lowest BCUT2D eigenvalue weighted by molar-refractivity contribution is -0.144. The van der Waals surface area contributed by atoms with Crippen molar-refractivity contribution in [3.05, 3.63) is 33.6 Å². The van der Waals surface area contributed by atoms with Crippen LogP contribution in [0, 0.1) is 11.7 Å². The van der Waals surface area contributed by atoms with Crippen LogP contribution in [0.4, 0.5) is 4.39 Å². The van der Waals surface area contributed by atoms with Gasteiger partial charge in [0.1, 0.15) is 11.9 Å². The van der Waals surface area contributed by atoms with Gasteiger partial charge in [0.05, 0.1) is 12.1 Å². The van der Waals surface area contributed by atoms with E-state index in [0.29, 0.717) is 10.6 Å². The molecule has 0 aliphatic carbocycles. The first-order valence-electron chi connectivity index (χ1n) is 6.26. The van der Waals surface area contributed by atoms with Crippen LogP contribution in [0.15, 0.2) is 12.1 Å². The van der Waals surface area contributed by atoms with E-state index < -0.39 is 17.9 Å². The minimum atomic E-state index is -0.543. The van der Waals surface area contributed by atoms with Gasteiger partial charge in [0.2, 0.25) is 0 Å². The van der Waals surface area contributed by atoms with Crippen LogP contribution in [0.25, 0.3) is 0 Å². The summed E-state index contributed by atoms with van der Waals surface area (Å²) >= 11 is 12.0. The Balaban J connectivity index is 3.03. The molecule has 0 aromatic heterocycles. The fraction of sp³-hybridized carbons (Fsp3) is 0.500. The summed E-state index contributed by atoms with van der Waals surface area (Å²) in [6.45, 7) is 5.54. The Bertz CT molecular complexity index is 494. The molecule has 6 heteroatoms. The Hall–Kier alpha value is -0.840. The van der Waals surface area contributed by atoms with Crippen molar-refractivity contribution in [2.75, 3.05) is 7.11 Å². The Kier molecular flexibility index (Phi) is 6.24. The van der Waals surface area contributed by atoms with E-state index in [1.807, 2.05) is 13.8 Å². The maximum Gasteiger partial charge on any atom is 0.323 e. The lowest BCUT2D eigenvalue weighted by Gasteiger charge is -2.25. The summed E-state index contributed by atoms with van der Waals surface area (Å²) < 4.78 is 18.3. The highest BCUT2D eigenvalue weighted by Crippen LogP contribution is 2.32. The molecule has 2 atom stereocenters. The molecule has 0 aliphatic heterocycles. The summed E-state index contributed by atoms with van der Waals surface area (Å²) in [5, 5.41) is 3.40. The Morgan fingerprint density at radius 1 is 1.30 bits per heavy atom. The highest BCUT2D eigenvalue weighted by atomic mass is 35.5. The van der Waals surface area contributed by atoms with Crippen molar-refractivity contribution >= 4 is 29.2 Å². The smallest absolute Gasteiger partial charge is 0.323 e. The molecular formula is C14H18Cl2FNO2. The number of rotatable bonds is 5. The van der Waals surface area contributed by atoms with Gasteiger partial charge in [-0.1, -0.05) is 37.0 Å². The maximum absolute atomic E-state index is 13.5. The molecule has 0 saturated carbocycles. The third kappa shape index (κ3) is 3.84. The molecule has 1 aromatic rings. The fourth-order valence-electron chi connectivity index (χ4n) is 1.95. The van der Waals surface area contributed by atoms with Gasteiger partial charge in [0, 0.05) is 16.6 Å². The van der Waals surface area contributed by atoms with Crippen LogP contribution in [-0.4, -0.2) is 19.1 Å². The first-order valence-corrected chi connectivity index (χ1v) is 7.02. The van der Waals surface area contributed by atoms with Gasteiger partial charge in [-0.2, -0.15) is 0 Å². The summed E-state index contributed by atoms with van der Waals surface area (Å²) in [6.07, 6.45) is 0. The molecule has 0 aliphatic rings. The average molecular weight is 322 g/mol. The number of carbonyl (C=O) groups excluding carboxylic acids is 1. The standard InChI is InChI=1S/C14H18Cl2FNO2/c1-7(2)13(14(19)20-4)18-8(3)11-9(15)5-6-10(17)12(11)16/h5-8,13,18H,1-4H3/t8?,13-/m0/s1. The lowest BCUT2D eigenvalue weighted by atomic mass is 10.0. The predicted octanol–water partition coefficient (Wildman–Crippen LogP) is 3.98. The molecule has 1 N–H and O–H groups in total. The van der Waals surface area contributed by atoms with Gasteiger partial charge in [-0.05, 0) is 25.0 Å². The zero-order valence-corrected chi connectivity index (χ0v) is 13.3. The molecule has 112 valence electrons. The molecule has 0 spiro atoms. The van der Waals surface area contributed by atoms with Crippen LogP contribution in [0.1, 0.15) is 32.4 Å². The van der Waals surface area contributed by atoms with Gasteiger partial charge < -0.3 is 4.74 Å². The van der Waals surface area contributed by atoms with Crippen molar-refractivity contribution in [1.29, 1.82) is 0 Å². The van der Waals surface area contributed by atoms with E-state index in [1.54, 1.807) is 6.92 Å². The minimum Gasteiger partial charge on any atom is -0.468 e. The molecule has 1 aromatic carbocycles. The van der Waals surface area contributed by atoms with Gasteiger partial charge in [0.15, 0.2) is 0 Å². The molecule has 1 unspecified atom stereocenters. The second-order valence-electron chi connectivity index (χ2n) is 4.89. The Labute approximate surface area is 128 Å². The predicted molar refractivity (Wildman–Crippen MR) is 78.6 cm³/mol. The molecule has 0 heterocycles. The molecule has 0 amide bonds. The topological polar surface area (TPSA) is 38.3 Å². The molecule has 3 nitrogen and oxygen atoms in total. The number of carbonyl (C=O) groups is 1. The quantitative estimate of drug-likeness (QED) is 0.658. The summed E-state index contributed by atoms with van der Waals surface area (Å²) in [5.74, 6) is -0.912. The van der Waals surface area contributed by atoms with E-state index >= 15 is 0 Å². The van der Waals surface area contributed by atoms with Crippen LogP contribution in [0.3, 0.4) is 0 Å². The first kappa shape index (κ1) is 17.2. The summed E-state index contributed by atoms with van der Waals surface area (Å²) in [6, 6.07) is 1.74. The van der Waals surface area contributed by atoms with Crippen molar-refractivity contribution in [2.45, 2.75) is 32.9 Å². The molecular weight excluding hydrogens is 304 g/mol. The zero-order chi connectivity index (χ0) is 15.4. The highest BCUT2D eigenvalue weighted by molar-refractivity contribution is 6.36. The summed E-state index contributed by atoms with van der Waals surface area (Å²) in [7, 11) is 1.33. The normalized spacial score (nSPS) is 14.2. The second kappa shape index (κ2) is 7.25. The van der Waals surface area contributed by atoms with Crippen molar-refractivity contribution in [2.24, 2.45) is 5.92 Å². The van der Waals surface area contributed by atoms with E-state index in [-0.39, 0.29) is 16.9 Å². The molecule has 20 heavy (non-hydrogen) atoms. The molecule has 0 fully saturated rings. The van der Waals surface area contributed by atoms with Gasteiger partial charge in [-0.3, -0.25) is 10.1 Å². The van der Waals surface area contributed by atoms with E-state index in [1.165, 1.54) is 19.2 Å². The van der Waals surface area contributed by atoms with Crippen LogP contribution >= 0.6 is 23.2 Å². The average Bonchev–Trinajstić information content (AvgIpc) is 2.39. The van der Waals surface area contributed by atoms with Crippen LogP contribution in [-0.2, 0) is 9.53 Å². The van der Waals surface area contributed by atoms with Crippen LogP contribution < -0.4 is 5.32 Å². The van der Waals surface area contributed by atoms with E-state index in [0.717, 1.165) is 0 Å². The number of benzene rings is 1. The Morgan fingerprint density at radius 3 is 2.40 bits per heavy atom. The number of ether oxygens (including phenoxy) is 1. The van der Waals surface area contributed by atoms with Crippen molar-refractivity contribution in [3.8, 4) is 0 Å². The minimum absolute atomic E-state index is 0.0102. The van der Waals surface area contributed by atoms with Crippen molar-refractivity contribution in [1.82, 2.24) is 5.32 Å². The number of hydrogen-bond acceptors (Lipinski definition) is 3.